The van der Waals surface area contributed by atoms with Crippen LogP contribution in [0.4, 0.5) is 4.39 Å². The number of carbonyl (C=O) groups excluding carboxylic acids is 2. The molecule has 0 spiro atoms. The number of rotatable bonds is 4. The van der Waals surface area contributed by atoms with E-state index in [-0.39, 0.29) is 18.3 Å². The fourth-order valence-electron chi connectivity index (χ4n) is 3.15. The van der Waals surface area contributed by atoms with Crippen molar-refractivity contribution in [3.05, 3.63) is 40.7 Å². The zero-order chi connectivity index (χ0) is 18.7. The molecule has 1 heterocycles. The maximum Gasteiger partial charge on any atom is 0.348 e. The summed E-state index contributed by atoms with van der Waals surface area (Å²) in [6.07, 6.45) is 7.05. The van der Waals surface area contributed by atoms with E-state index in [0.717, 1.165) is 25.7 Å². The van der Waals surface area contributed by atoms with Crippen LogP contribution in [0.15, 0.2) is 23.8 Å². The SMILES string of the molecule is CC1(C)OC(=O)C(=Cc2ccc(COC3CCCCC3)c(F)c2)C(=O)O1. The van der Waals surface area contributed by atoms with Gasteiger partial charge in [0.25, 0.3) is 5.79 Å². The minimum atomic E-state index is -1.29. The number of hydrogen-bond donors (Lipinski definition) is 0. The monoisotopic (exact) mass is 362 g/mol. The second kappa shape index (κ2) is 7.58. The number of cyclic esters (lactones) is 2. The van der Waals surface area contributed by atoms with Crippen LogP contribution in [-0.2, 0) is 30.4 Å². The fraction of sp³-hybridized carbons (Fsp3) is 0.500. The molecule has 3 rings (SSSR count). The molecule has 1 aromatic rings. The molecule has 0 radical (unpaired) electrons. The lowest BCUT2D eigenvalue weighted by Crippen LogP contribution is -2.41. The number of ether oxygens (including phenoxy) is 3. The summed E-state index contributed by atoms with van der Waals surface area (Å²) in [5, 5.41) is 0. The Morgan fingerprint density at radius 2 is 1.81 bits per heavy atom. The van der Waals surface area contributed by atoms with Gasteiger partial charge in [0.15, 0.2) is 0 Å². The first-order chi connectivity index (χ1) is 12.3. The molecule has 26 heavy (non-hydrogen) atoms. The average molecular weight is 362 g/mol. The molecular weight excluding hydrogens is 339 g/mol. The molecule has 1 aliphatic carbocycles. The van der Waals surface area contributed by atoms with Crippen molar-refractivity contribution in [1.29, 1.82) is 0 Å². The predicted octanol–water partition coefficient (Wildman–Crippen LogP) is 3.89. The van der Waals surface area contributed by atoms with Crippen molar-refractivity contribution in [2.45, 2.75) is 64.4 Å². The van der Waals surface area contributed by atoms with Crippen molar-refractivity contribution < 1.29 is 28.2 Å². The summed E-state index contributed by atoms with van der Waals surface area (Å²) in [6, 6.07) is 4.51. The number of carbonyl (C=O) groups is 2. The Bertz CT molecular complexity index is 710. The molecular formula is C20H23FO5. The lowest BCUT2D eigenvalue weighted by atomic mass is 9.98. The normalized spacial score (nSPS) is 20.5. The molecule has 1 aliphatic heterocycles. The third-order valence-electron chi connectivity index (χ3n) is 4.53. The number of benzene rings is 1. The third kappa shape index (κ3) is 4.49. The number of hydrogen-bond acceptors (Lipinski definition) is 5. The Morgan fingerprint density at radius 3 is 2.42 bits per heavy atom. The van der Waals surface area contributed by atoms with Crippen molar-refractivity contribution in [3.8, 4) is 0 Å². The molecule has 140 valence electrons. The van der Waals surface area contributed by atoms with Gasteiger partial charge < -0.3 is 14.2 Å². The molecule has 1 aromatic carbocycles. The minimum Gasteiger partial charge on any atom is -0.419 e. The third-order valence-corrected chi connectivity index (χ3v) is 4.53. The molecule has 6 heteroatoms. The van der Waals surface area contributed by atoms with Crippen LogP contribution in [-0.4, -0.2) is 23.8 Å². The van der Waals surface area contributed by atoms with Gasteiger partial charge in [-0.1, -0.05) is 31.4 Å². The Labute approximate surface area is 152 Å². The fourth-order valence-corrected chi connectivity index (χ4v) is 3.15. The summed E-state index contributed by atoms with van der Waals surface area (Å²) in [5.74, 6) is -3.29. The summed E-state index contributed by atoms with van der Waals surface area (Å²) in [4.78, 5) is 23.9. The van der Waals surface area contributed by atoms with Gasteiger partial charge in [-0.15, -0.1) is 0 Å². The van der Waals surface area contributed by atoms with Gasteiger partial charge in [0.1, 0.15) is 11.4 Å². The van der Waals surface area contributed by atoms with Gasteiger partial charge in [0, 0.05) is 19.4 Å². The van der Waals surface area contributed by atoms with Crippen LogP contribution in [0.1, 0.15) is 57.1 Å². The first kappa shape index (κ1) is 18.6. The van der Waals surface area contributed by atoms with E-state index in [9.17, 15) is 14.0 Å². The second-order valence-electron chi connectivity index (χ2n) is 7.16. The average Bonchev–Trinajstić information content (AvgIpc) is 2.57. The molecule has 0 bridgehead atoms. The Hall–Kier alpha value is -2.21. The molecule has 0 amide bonds. The van der Waals surface area contributed by atoms with Gasteiger partial charge in [-0.2, -0.15) is 0 Å². The Morgan fingerprint density at radius 1 is 1.15 bits per heavy atom. The molecule has 0 atom stereocenters. The van der Waals surface area contributed by atoms with Crippen LogP contribution in [0.5, 0.6) is 0 Å². The lowest BCUT2D eigenvalue weighted by Gasteiger charge is -2.29. The molecule has 2 aliphatic rings. The van der Waals surface area contributed by atoms with Crippen LogP contribution in [0, 0.1) is 5.82 Å². The van der Waals surface area contributed by atoms with Crippen LogP contribution in [0.3, 0.4) is 0 Å². The maximum absolute atomic E-state index is 14.3. The highest BCUT2D eigenvalue weighted by Gasteiger charge is 2.38. The van der Waals surface area contributed by atoms with E-state index in [0.29, 0.717) is 11.1 Å². The summed E-state index contributed by atoms with van der Waals surface area (Å²) in [5.41, 5.74) is 0.579. The predicted molar refractivity (Wildman–Crippen MR) is 92.3 cm³/mol. The van der Waals surface area contributed by atoms with Crippen molar-refractivity contribution in [1.82, 2.24) is 0 Å². The van der Waals surface area contributed by atoms with E-state index in [2.05, 4.69) is 0 Å². The minimum absolute atomic E-state index is 0.195. The zero-order valence-electron chi connectivity index (χ0n) is 15.0. The van der Waals surface area contributed by atoms with Crippen molar-refractivity contribution >= 4 is 18.0 Å². The highest BCUT2D eigenvalue weighted by molar-refractivity contribution is 6.18. The van der Waals surface area contributed by atoms with Gasteiger partial charge in [0.05, 0.1) is 12.7 Å². The molecule has 5 nitrogen and oxygen atoms in total. The van der Waals surface area contributed by atoms with Crippen molar-refractivity contribution in [2.75, 3.05) is 0 Å². The van der Waals surface area contributed by atoms with Crippen LogP contribution < -0.4 is 0 Å². The summed E-state index contributed by atoms with van der Waals surface area (Å²) in [6.45, 7) is 3.16. The molecule has 0 N–H and O–H groups in total. The number of halogens is 1. The van der Waals surface area contributed by atoms with Gasteiger partial charge in [-0.25, -0.2) is 14.0 Å². The van der Waals surface area contributed by atoms with Gasteiger partial charge >= 0.3 is 11.9 Å². The Balaban J connectivity index is 1.69. The van der Waals surface area contributed by atoms with E-state index >= 15 is 0 Å². The van der Waals surface area contributed by atoms with Gasteiger partial charge in [-0.3, -0.25) is 0 Å². The summed E-state index contributed by atoms with van der Waals surface area (Å²) < 4.78 is 30.2. The van der Waals surface area contributed by atoms with E-state index < -0.39 is 23.5 Å². The summed E-state index contributed by atoms with van der Waals surface area (Å²) in [7, 11) is 0. The summed E-state index contributed by atoms with van der Waals surface area (Å²) >= 11 is 0. The van der Waals surface area contributed by atoms with Gasteiger partial charge in [-0.05, 0) is 30.5 Å². The molecule has 1 saturated carbocycles. The Kier molecular flexibility index (Phi) is 5.41. The first-order valence-electron chi connectivity index (χ1n) is 8.92. The second-order valence-corrected chi connectivity index (χ2v) is 7.16. The quantitative estimate of drug-likeness (QED) is 0.462. The molecule has 1 saturated heterocycles. The lowest BCUT2D eigenvalue weighted by molar-refractivity contribution is -0.222. The van der Waals surface area contributed by atoms with Crippen molar-refractivity contribution in [2.24, 2.45) is 0 Å². The highest BCUT2D eigenvalue weighted by Crippen LogP contribution is 2.25. The zero-order valence-corrected chi connectivity index (χ0v) is 15.0. The smallest absolute Gasteiger partial charge is 0.348 e. The first-order valence-corrected chi connectivity index (χ1v) is 8.92. The largest absolute Gasteiger partial charge is 0.419 e. The highest BCUT2D eigenvalue weighted by atomic mass is 19.1. The van der Waals surface area contributed by atoms with Crippen LogP contribution in [0.25, 0.3) is 6.08 Å². The van der Waals surface area contributed by atoms with E-state index in [4.69, 9.17) is 14.2 Å². The topological polar surface area (TPSA) is 61.8 Å². The van der Waals surface area contributed by atoms with Gasteiger partial charge in [0.2, 0.25) is 0 Å². The maximum atomic E-state index is 14.3. The standard InChI is InChI=1S/C20H23FO5/c1-20(2)25-18(22)16(19(23)26-20)10-13-8-9-14(17(21)11-13)12-24-15-6-4-3-5-7-15/h8-11,15H,3-7,12H2,1-2H3. The molecule has 2 fully saturated rings. The van der Waals surface area contributed by atoms with E-state index in [1.165, 1.54) is 32.4 Å². The van der Waals surface area contributed by atoms with E-state index in [1.807, 2.05) is 0 Å². The van der Waals surface area contributed by atoms with Crippen LogP contribution >= 0.6 is 0 Å². The van der Waals surface area contributed by atoms with Crippen molar-refractivity contribution in [3.63, 3.8) is 0 Å². The van der Waals surface area contributed by atoms with Crippen LogP contribution in [0.2, 0.25) is 0 Å². The number of esters is 2. The molecule has 0 unspecified atom stereocenters. The molecule has 0 aromatic heterocycles. The van der Waals surface area contributed by atoms with E-state index in [1.54, 1.807) is 12.1 Å².